The minimum Gasteiger partial charge on any atom is -0.307 e. The summed E-state index contributed by atoms with van der Waals surface area (Å²) in [4.78, 5) is 4.52. The van der Waals surface area contributed by atoms with E-state index in [4.69, 9.17) is 0 Å². The van der Waals surface area contributed by atoms with Gasteiger partial charge in [-0.2, -0.15) is 0 Å². The van der Waals surface area contributed by atoms with Crippen LogP contribution in [0.3, 0.4) is 0 Å². The van der Waals surface area contributed by atoms with Gasteiger partial charge in [-0.1, -0.05) is 13.8 Å². The van der Waals surface area contributed by atoms with Crippen molar-refractivity contribution in [3.8, 4) is 0 Å². The largest absolute Gasteiger partial charge is 0.307 e. The van der Waals surface area contributed by atoms with Crippen molar-refractivity contribution in [2.24, 2.45) is 0 Å². The lowest BCUT2D eigenvalue weighted by atomic mass is 10.2. The standard InChI is InChI=1S/C12H28N2O2S/c1-6-13(4)9-8-12(3)14(7-2)10-11-17(5,15)16/h12H,6-11H2,1-5H3. The first-order valence-electron chi connectivity index (χ1n) is 6.40. The number of rotatable bonds is 9. The summed E-state index contributed by atoms with van der Waals surface area (Å²) < 4.78 is 22.3. The predicted molar refractivity (Wildman–Crippen MR) is 74.2 cm³/mol. The van der Waals surface area contributed by atoms with Gasteiger partial charge in [0.15, 0.2) is 0 Å². The normalized spacial score (nSPS) is 14.5. The molecule has 0 saturated carbocycles. The Morgan fingerprint density at radius 1 is 1.12 bits per heavy atom. The summed E-state index contributed by atoms with van der Waals surface area (Å²) in [6.45, 7) is 10.1. The molecule has 0 radical (unpaired) electrons. The first-order chi connectivity index (χ1) is 7.80. The summed E-state index contributed by atoms with van der Waals surface area (Å²) in [6, 6.07) is 0.441. The SMILES string of the molecule is CCN(C)CCC(C)N(CC)CCS(C)(=O)=O. The zero-order valence-electron chi connectivity index (χ0n) is 11.9. The molecule has 5 heteroatoms. The lowest BCUT2D eigenvalue weighted by Crippen LogP contribution is -2.38. The van der Waals surface area contributed by atoms with Crippen molar-refractivity contribution < 1.29 is 8.42 Å². The van der Waals surface area contributed by atoms with Crippen molar-refractivity contribution in [2.45, 2.75) is 33.2 Å². The molecule has 0 aromatic heterocycles. The zero-order chi connectivity index (χ0) is 13.5. The first-order valence-corrected chi connectivity index (χ1v) is 8.46. The average molecular weight is 264 g/mol. The van der Waals surface area contributed by atoms with Crippen LogP contribution in [0.2, 0.25) is 0 Å². The zero-order valence-corrected chi connectivity index (χ0v) is 12.8. The molecule has 17 heavy (non-hydrogen) atoms. The molecule has 0 fully saturated rings. The molecule has 0 aliphatic rings. The van der Waals surface area contributed by atoms with Gasteiger partial charge >= 0.3 is 0 Å². The van der Waals surface area contributed by atoms with Gasteiger partial charge in [0.25, 0.3) is 0 Å². The van der Waals surface area contributed by atoms with Crippen LogP contribution in [0.25, 0.3) is 0 Å². The van der Waals surface area contributed by atoms with Gasteiger partial charge in [-0.25, -0.2) is 8.42 Å². The Bertz CT molecular complexity index is 291. The number of hydrogen-bond donors (Lipinski definition) is 0. The molecule has 0 rings (SSSR count). The monoisotopic (exact) mass is 264 g/mol. The molecule has 0 saturated heterocycles. The van der Waals surface area contributed by atoms with Crippen LogP contribution in [0.15, 0.2) is 0 Å². The van der Waals surface area contributed by atoms with Crippen LogP contribution in [-0.4, -0.2) is 69.5 Å². The predicted octanol–water partition coefficient (Wildman–Crippen LogP) is 1.08. The van der Waals surface area contributed by atoms with Gasteiger partial charge in [0.2, 0.25) is 0 Å². The van der Waals surface area contributed by atoms with E-state index in [1.807, 2.05) is 0 Å². The molecule has 1 unspecified atom stereocenters. The van der Waals surface area contributed by atoms with E-state index in [-0.39, 0.29) is 5.75 Å². The van der Waals surface area contributed by atoms with Crippen LogP contribution in [0.5, 0.6) is 0 Å². The topological polar surface area (TPSA) is 40.6 Å². The second-order valence-corrected chi connectivity index (χ2v) is 7.05. The third kappa shape index (κ3) is 8.57. The fourth-order valence-electron chi connectivity index (χ4n) is 1.72. The van der Waals surface area contributed by atoms with Crippen LogP contribution in [0, 0.1) is 0 Å². The Hall–Kier alpha value is -0.130. The van der Waals surface area contributed by atoms with Gasteiger partial charge in [0, 0.05) is 18.8 Å². The minimum atomic E-state index is -2.85. The third-order valence-corrected chi connectivity index (χ3v) is 4.17. The summed E-state index contributed by atoms with van der Waals surface area (Å²) in [5.74, 6) is 0.259. The molecule has 0 bridgehead atoms. The maximum Gasteiger partial charge on any atom is 0.148 e. The van der Waals surface area contributed by atoms with E-state index in [2.05, 4.69) is 37.6 Å². The second kappa shape index (κ2) is 8.06. The van der Waals surface area contributed by atoms with Crippen molar-refractivity contribution in [1.29, 1.82) is 0 Å². The Morgan fingerprint density at radius 2 is 1.71 bits per heavy atom. The fraction of sp³-hybridized carbons (Fsp3) is 1.00. The van der Waals surface area contributed by atoms with E-state index >= 15 is 0 Å². The van der Waals surface area contributed by atoms with Crippen molar-refractivity contribution in [3.63, 3.8) is 0 Å². The molecule has 0 spiro atoms. The van der Waals surface area contributed by atoms with Crippen LogP contribution >= 0.6 is 0 Å². The third-order valence-electron chi connectivity index (χ3n) is 3.25. The lowest BCUT2D eigenvalue weighted by Gasteiger charge is -2.28. The Balaban J connectivity index is 4.08. The van der Waals surface area contributed by atoms with Gasteiger partial charge in [0.1, 0.15) is 9.84 Å². The lowest BCUT2D eigenvalue weighted by molar-refractivity contribution is 0.201. The molecular weight excluding hydrogens is 236 g/mol. The summed E-state index contributed by atoms with van der Waals surface area (Å²) in [7, 11) is -0.740. The smallest absolute Gasteiger partial charge is 0.148 e. The average Bonchev–Trinajstić information content (AvgIpc) is 2.25. The molecule has 104 valence electrons. The van der Waals surface area contributed by atoms with E-state index < -0.39 is 9.84 Å². The maximum absolute atomic E-state index is 11.2. The number of nitrogens with zero attached hydrogens (tertiary/aromatic N) is 2. The van der Waals surface area contributed by atoms with Crippen LogP contribution in [0.1, 0.15) is 27.2 Å². The molecule has 0 amide bonds. The van der Waals surface area contributed by atoms with Gasteiger partial charge < -0.3 is 4.90 Å². The molecular formula is C12H28N2O2S. The Kier molecular flexibility index (Phi) is 8.00. The summed E-state index contributed by atoms with van der Waals surface area (Å²) in [5, 5.41) is 0. The minimum absolute atomic E-state index is 0.259. The van der Waals surface area contributed by atoms with Gasteiger partial charge in [0.05, 0.1) is 5.75 Å². The van der Waals surface area contributed by atoms with E-state index in [1.165, 1.54) is 6.26 Å². The van der Waals surface area contributed by atoms with Crippen molar-refractivity contribution in [2.75, 3.05) is 45.2 Å². The quantitative estimate of drug-likeness (QED) is 0.625. The van der Waals surface area contributed by atoms with Gasteiger partial charge in [-0.15, -0.1) is 0 Å². The number of sulfone groups is 1. The fourth-order valence-corrected chi connectivity index (χ4v) is 2.29. The van der Waals surface area contributed by atoms with E-state index in [9.17, 15) is 8.42 Å². The van der Waals surface area contributed by atoms with Crippen molar-refractivity contribution >= 4 is 9.84 Å². The summed E-state index contributed by atoms with van der Waals surface area (Å²) in [5.41, 5.74) is 0. The van der Waals surface area contributed by atoms with Crippen LogP contribution < -0.4 is 0 Å². The molecule has 0 aromatic rings. The highest BCUT2D eigenvalue weighted by Crippen LogP contribution is 2.05. The van der Waals surface area contributed by atoms with Crippen molar-refractivity contribution in [1.82, 2.24) is 9.80 Å². The number of hydrogen-bond acceptors (Lipinski definition) is 4. The molecule has 1 atom stereocenters. The summed E-state index contributed by atoms with van der Waals surface area (Å²) >= 11 is 0. The highest BCUT2D eigenvalue weighted by molar-refractivity contribution is 7.90. The van der Waals surface area contributed by atoms with E-state index in [1.54, 1.807) is 0 Å². The van der Waals surface area contributed by atoms with Gasteiger partial charge in [-0.3, -0.25) is 4.90 Å². The second-order valence-electron chi connectivity index (χ2n) is 4.79. The van der Waals surface area contributed by atoms with Crippen LogP contribution in [0.4, 0.5) is 0 Å². The highest BCUT2D eigenvalue weighted by Gasteiger charge is 2.14. The molecule has 0 heterocycles. The first kappa shape index (κ1) is 16.9. The van der Waals surface area contributed by atoms with Crippen LogP contribution in [-0.2, 0) is 9.84 Å². The van der Waals surface area contributed by atoms with E-state index in [0.29, 0.717) is 12.6 Å². The van der Waals surface area contributed by atoms with E-state index in [0.717, 1.165) is 26.1 Å². The molecule has 0 aliphatic carbocycles. The summed E-state index contributed by atoms with van der Waals surface area (Å²) in [6.07, 6.45) is 2.39. The molecule has 0 aliphatic heterocycles. The Labute approximate surface area is 107 Å². The highest BCUT2D eigenvalue weighted by atomic mass is 32.2. The maximum atomic E-state index is 11.2. The molecule has 0 aromatic carbocycles. The molecule has 4 nitrogen and oxygen atoms in total. The Morgan fingerprint density at radius 3 is 2.12 bits per heavy atom. The van der Waals surface area contributed by atoms with Crippen molar-refractivity contribution in [3.05, 3.63) is 0 Å². The van der Waals surface area contributed by atoms with Gasteiger partial charge in [-0.05, 0) is 40.0 Å². The molecule has 0 N–H and O–H groups in total.